The number of Topliss-reactive ketones (excluding diaryl/α,β-unsaturated/α-hetero) is 1. The maximum atomic E-state index is 12.7. The first-order valence-electron chi connectivity index (χ1n) is 9.58. The highest BCUT2D eigenvalue weighted by molar-refractivity contribution is 6.07. The van der Waals surface area contributed by atoms with Gasteiger partial charge in [-0.3, -0.25) is 4.79 Å². The minimum absolute atomic E-state index is 0.130. The number of benzene rings is 2. The van der Waals surface area contributed by atoms with Crippen molar-refractivity contribution in [2.75, 3.05) is 40.4 Å². The maximum Gasteiger partial charge on any atom is 0.168 e. The fourth-order valence-corrected chi connectivity index (χ4v) is 3.29. The maximum absolute atomic E-state index is 12.7. The van der Waals surface area contributed by atoms with Gasteiger partial charge in [-0.15, -0.1) is 0 Å². The molecule has 2 aromatic carbocycles. The number of carbonyl (C=O) groups is 1. The monoisotopic (exact) mass is 368 g/mol. The van der Waals surface area contributed by atoms with Crippen LogP contribution in [0.15, 0.2) is 36.4 Å². The predicted octanol–water partition coefficient (Wildman–Crippen LogP) is 3.07. The Bertz CT molecular complexity index is 789. The van der Waals surface area contributed by atoms with E-state index in [2.05, 4.69) is 16.7 Å². The molecule has 27 heavy (non-hydrogen) atoms. The fraction of sp³-hybridized carbons (Fsp3) is 0.409. The van der Waals surface area contributed by atoms with Gasteiger partial charge in [0.2, 0.25) is 0 Å². The van der Waals surface area contributed by atoms with Gasteiger partial charge in [0.05, 0.1) is 13.2 Å². The van der Waals surface area contributed by atoms with E-state index in [1.807, 2.05) is 44.4 Å². The molecule has 0 saturated heterocycles. The van der Waals surface area contributed by atoms with E-state index in [0.717, 1.165) is 59.7 Å². The molecule has 1 aliphatic carbocycles. The molecule has 0 atom stereocenters. The average molecular weight is 368 g/mol. The van der Waals surface area contributed by atoms with Crippen molar-refractivity contribution >= 4 is 5.78 Å². The van der Waals surface area contributed by atoms with E-state index in [1.165, 1.54) is 0 Å². The molecule has 0 saturated carbocycles. The molecule has 0 heterocycles. The first-order chi connectivity index (χ1) is 13.2. The van der Waals surface area contributed by atoms with Gasteiger partial charge in [0.15, 0.2) is 5.78 Å². The molecule has 144 valence electrons. The van der Waals surface area contributed by atoms with Crippen LogP contribution in [0.25, 0.3) is 11.1 Å². The van der Waals surface area contributed by atoms with Gasteiger partial charge in [-0.05, 0) is 87.0 Å². The van der Waals surface area contributed by atoms with E-state index in [-0.39, 0.29) is 5.78 Å². The van der Waals surface area contributed by atoms with Crippen molar-refractivity contribution in [2.45, 2.75) is 19.3 Å². The second kappa shape index (κ2) is 9.53. The van der Waals surface area contributed by atoms with Crippen LogP contribution >= 0.6 is 0 Å². The first-order valence-corrected chi connectivity index (χ1v) is 9.58. The molecule has 0 radical (unpaired) electrons. The Labute approximate surface area is 161 Å². The van der Waals surface area contributed by atoms with Crippen molar-refractivity contribution in [1.82, 2.24) is 10.6 Å². The molecule has 2 N–H and O–H groups in total. The van der Waals surface area contributed by atoms with Crippen LogP contribution in [-0.2, 0) is 6.42 Å². The van der Waals surface area contributed by atoms with E-state index in [9.17, 15) is 4.79 Å². The van der Waals surface area contributed by atoms with Crippen molar-refractivity contribution in [2.24, 2.45) is 0 Å². The molecule has 0 amide bonds. The number of hydrogen-bond acceptors (Lipinski definition) is 5. The van der Waals surface area contributed by atoms with Gasteiger partial charge in [0.25, 0.3) is 0 Å². The van der Waals surface area contributed by atoms with Gasteiger partial charge in [-0.25, -0.2) is 0 Å². The summed E-state index contributed by atoms with van der Waals surface area (Å²) in [5.74, 6) is 1.71. The SMILES string of the molecule is CNCCCOc1ccc2c(c1)CC(=O)c1cc(OCCCNC)ccc1-2. The summed E-state index contributed by atoms with van der Waals surface area (Å²) in [6, 6.07) is 11.9. The second-order valence-electron chi connectivity index (χ2n) is 6.74. The zero-order chi connectivity index (χ0) is 19.1. The van der Waals surface area contributed by atoms with Crippen LogP contribution in [0.5, 0.6) is 11.5 Å². The number of carbonyl (C=O) groups excluding carboxylic acids is 1. The standard InChI is InChI=1S/C22H28N2O3/c1-23-9-3-11-26-17-5-7-19-16(13-17)14-22(25)21-15-18(6-8-20(19)21)27-12-4-10-24-2/h5-8,13,15,23-24H,3-4,9-12,14H2,1-2H3. The highest BCUT2D eigenvalue weighted by Crippen LogP contribution is 2.37. The molecule has 0 bridgehead atoms. The van der Waals surface area contributed by atoms with Gasteiger partial charge >= 0.3 is 0 Å². The molecule has 3 rings (SSSR count). The van der Waals surface area contributed by atoms with Crippen molar-refractivity contribution in [3.8, 4) is 22.6 Å². The van der Waals surface area contributed by atoms with Crippen LogP contribution in [0.3, 0.4) is 0 Å². The summed E-state index contributed by atoms with van der Waals surface area (Å²) in [6.45, 7) is 3.14. The number of nitrogens with one attached hydrogen (secondary N) is 2. The average Bonchev–Trinajstić information content (AvgIpc) is 2.69. The summed E-state index contributed by atoms with van der Waals surface area (Å²) in [7, 11) is 3.86. The summed E-state index contributed by atoms with van der Waals surface area (Å²) >= 11 is 0. The Hall–Kier alpha value is -2.37. The van der Waals surface area contributed by atoms with Crippen LogP contribution in [0.4, 0.5) is 0 Å². The van der Waals surface area contributed by atoms with Crippen LogP contribution in [0.1, 0.15) is 28.8 Å². The number of fused-ring (bicyclic) bond motifs is 3. The topological polar surface area (TPSA) is 59.6 Å². The third-order valence-corrected chi connectivity index (χ3v) is 4.69. The molecular weight excluding hydrogens is 340 g/mol. The van der Waals surface area contributed by atoms with E-state index in [1.54, 1.807) is 0 Å². The van der Waals surface area contributed by atoms with Gasteiger partial charge in [0, 0.05) is 12.0 Å². The molecule has 0 unspecified atom stereocenters. The lowest BCUT2D eigenvalue weighted by atomic mass is 9.84. The molecular formula is C22H28N2O3. The van der Waals surface area contributed by atoms with Crippen molar-refractivity contribution in [3.63, 3.8) is 0 Å². The van der Waals surface area contributed by atoms with Crippen LogP contribution in [0.2, 0.25) is 0 Å². The largest absolute Gasteiger partial charge is 0.494 e. The van der Waals surface area contributed by atoms with Crippen molar-refractivity contribution < 1.29 is 14.3 Å². The van der Waals surface area contributed by atoms with Crippen molar-refractivity contribution in [1.29, 1.82) is 0 Å². The molecule has 2 aromatic rings. The lowest BCUT2D eigenvalue weighted by molar-refractivity contribution is 0.0991. The molecule has 1 aliphatic rings. The Kier molecular flexibility index (Phi) is 6.85. The molecule has 5 heteroatoms. The summed E-state index contributed by atoms with van der Waals surface area (Å²) in [4.78, 5) is 12.7. The highest BCUT2D eigenvalue weighted by Gasteiger charge is 2.23. The van der Waals surface area contributed by atoms with Crippen molar-refractivity contribution in [3.05, 3.63) is 47.5 Å². The zero-order valence-corrected chi connectivity index (χ0v) is 16.1. The van der Waals surface area contributed by atoms with E-state index in [0.29, 0.717) is 19.6 Å². The fourth-order valence-electron chi connectivity index (χ4n) is 3.29. The Morgan fingerprint density at radius 1 is 0.815 bits per heavy atom. The third-order valence-electron chi connectivity index (χ3n) is 4.69. The minimum atomic E-state index is 0.130. The normalized spacial score (nSPS) is 12.4. The molecule has 0 spiro atoms. The first kappa shape index (κ1) is 19.4. The summed E-state index contributed by atoms with van der Waals surface area (Å²) < 4.78 is 11.6. The third kappa shape index (κ3) is 4.87. The van der Waals surface area contributed by atoms with Crippen LogP contribution in [0, 0.1) is 0 Å². The number of rotatable bonds is 10. The van der Waals surface area contributed by atoms with Gasteiger partial charge in [0.1, 0.15) is 11.5 Å². The lowest BCUT2D eigenvalue weighted by Gasteiger charge is -2.21. The number of hydrogen-bond donors (Lipinski definition) is 2. The highest BCUT2D eigenvalue weighted by atomic mass is 16.5. The molecule has 0 aliphatic heterocycles. The predicted molar refractivity (Wildman–Crippen MR) is 108 cm³/mol. The zero-order valence-electron chi connectivity index (χ0n) is 16.1. The van der Waals surface area contributed by atoms with Crippen LogP contribution in [-0.4, -0.2) is 46.2 Å². The lowest BCUT2D eigenvalue weighted by Crippen LogP contribution is -2.14. The Morgan fingerprint density at radius 2 is 1.41 bits per heavy atom. The summed E-state index contributed by atoms with van der Waals surface area (Å²) in [5.41, 5.74) is 3.86. The minimum Gasteiger partial charge on any atom is -0.494 e. The number of ether oxygens (including phenoxy) is 2. The van der Waals surface area contributed by atoms with Gasteiger partial charge in [-0.2, -0.15) is 0 Å². The van der Waals surface area contributed by atoms with E-state index < -0.39 is 0 Å². The quantitative estimate of drug-likeness (QED) is 0.631. The van der Waals surface area contributed by atoms with Crippen LogP contribution < -0.4 is 20.1 Å². The molecule has 0 aromatic heterocycles. The Morgan fingerprint density at radius 3 is 2.04 bits per heavy atom. The number of ketones is 1. The molecule has 0 fully saturated rings. The van der Waals surface area contributed by atoms with Gasteiger partial charge in [-0.1, -0.05) is 6.07 Å². The smallest absolute Gasteiger partial charge is 0.168 e. The van der Waals surface area contributed by atoms with E-state index in [4.69, 9.17) is 9.47 Å². The van der Waals surface area contributed by atoms with Gasteiger partial charge < -0.3 is 20.1 Å². The summed E-state index contributed by atoms with van der Waals surface area (Å²) in [5, 5.41) is 6.20. The second-order valence-corrected chi connectivity index (χ2v) is 6.74. The summed E-state index contributed by atoms with van der Waals surface area (Å²) in [6.07, 6.45) is 2.28. The molecule has 5 nitrogen and oxygen atoms in total. The Balaban J connectivity index is 1.74. The van der Waals surface area contributed by atoms with E-state index >= 15 is 0 Å².